The zero-order valence-electron chi connectivity index (χ0n) is 24.7. The van der Waals surface area contributed by atoms with Crippen LogP contribution in [0.4, 0.5) is 18.9 Å². The number of piperazine rings is 1. The monoisotopic (exact) mass is 608 g/mol. The molecule has 0 bridgehead atoms. The lowest BCUT2D eigenvalue weighted by atomic mass is 9.78. The molecule has 13 heteroatoms. The number of aromatic amines is 1. The number of H-pyrrole nitrogens is 1. The Hall–Kier alpha value is -4.10. The first kappa shape index (κ1) is 29.9. The third-order valence-corrected chi connectivity index (χ3v) is 8.62. The van der Waals surface area contributed by atoms with Crippen LogP contribution in [-0.4, -0.2) is 73.4 Å². The molecule has 4 aromatic heterocycles. The second-order valence-electron chi connectivity index (χ2n) is 11.4. The number of hydrogen-bond donors (Lipinski definition) is 2. The topological polar surface area (TPSA) is 112 Å². The third kappa shape index (κ3) is 6.39. The van der Waals surface area contributed by atoms with Gasteiger partial charge in [0.25, 0.3) is 0 Å². The first-order valence-corrected chi connectivity index (χ1v) is 15.0. The van der Waals surface area contributed by atoms with Crippen molar-refractivity contribution in [3.8, 4) is 11.6 Å². The van der Waals surface area contributed by atoms with Gasteiger partial charge in [-0.2, -0.15) is 13.2 Å². The van der Waals surface area contributed by atoms with E-state index in [9.17, 15) is 18.0 Å². The molecule has 0 radical (unpaired) electrons. The molecule has 0 saturated carbocycles. The summed E-state index contributed by atoms with van der Waals surface area (Å²) in [7, 11) is 0. The Balaban J connectivity index is 1.17. The molecule has 1 saturated heterocycles. The highest BCUT2D eigenvalue weighted by atomic mass is 19.4. The molecule has 4 aromatic rings. The van der Waals surface area contributed by atoms with Crippen molar-refractivity contribution in [3.63, 3.8) is 0 Å². The summed E-state index contributed by atoms with van der Waals surface area (Å²) < 4.78 is 48.4. The van der Waals surface area contributed by atoms with Gasteiger partial charge in [-0.05, 0) is 49.6 Å². The first-order chi connectivity index (χ1) is 21.2. The van der Waals surface area contributed by atoms with Crippen LogP contribution in [0.1, 0.15) is 55.1 Å². The van der Waals surface area contributed by atoms with Gasteiger partial charge >= 0.3 is 6.18 Å². The molecule has 44 heavy (non-hydrogen) atoms. The summed E-state index contributed by atoms with van der Waals surface area (Å²) in [6.45, 7) is 8.14. The number of carbonyl (C=O) groups excluding carboxylic acids is 1. The normalized spacial score (nSPS) is 19.6. The number of nitrogens with one attached hydrogen (secondary N) is 2. The van der Waals surface area contributed by atoms with Crippen LogP contribution in [-0.2, 0) is 23.9 Å². The molecular weight excluding hydrogens is 573 g/mol. The minimum absolute atomic E-state index is 0.0263. The predicted molar refractivity (Wildman–Crippen MR) is 158 cm³/mol. The number of carbonyl (C=O) groups is 1. The summed E-state index contributed by atoms with van der Waals surface area (Å²) in [4.78, 5) is 38.0. The zero-order chi connectivity index (χ0) is 30.8. The van der Waals surface area contributed by atoms with Gasteiger partial charge in [-0.1, -0.05) is 13.8 Å². The van der Waals surface area contributed by atoms with Crippen molar-refractivity contribution >= 4 is 22.6 Å². The van der Waals surface area contributed by atoms with Crippen LogP contribution < -0.4 is 10.1 Å². The molecule has 10 nitrogen and oxygen atoms in total. The number of rotatable bonds is 8. The van der Waals surface area contributed by atoms with Crippen molar-refractivity contribution in [1.82, 2.24) is 34.7 Å². The van der Waals surface area contributed by atoms with E-state index < -0.39 is 17.7 Å². The van der Waals surface area contributed by atoms with E-state index in [1.54, 1.807) is 12.4 Å². The number of nitrogens with zero attached hydrogens (tertiary/aromatic N) is 6. The van der Waals surface area contributed by atoms with Gasteiger partial charge < -0.3 is 19.9 Å². The summed E-state index contributed by atoms with van der Waals surface area (Å²) in [5.74, 6) is 0.0900. The van der Waals surface area contributed by atoms with Crippen molar-refractivity contribution in [2.45, 2.75) is 51.7 Å². The van der Waals surface area contributed by atoms with Gasteiger partial charge in [0.1, 0.15) is 17.7 Å². The maximum absolute atomic E-state index is 14.1. The fourth-order valence-electron chi connectivity index (χ4n) is 6.14. The van der Waals surface area contributed by atoms with Gasteiger partial charge in [0.15, 0.2) is 0 Å². The number of amides is 1. The Kier molecular flexibility index (Phi) is 8.50. The number of pyridine rings is 2. The number of hydrogen-bond acceptors (Lipinski definition) is 8. The highest BCUT2D eigenvalue weighted by Gasteiger charge is 2.36. The molecule has 2 N–H and O–H groups in total. The van der Waals surface area contributed by atoms with E-state index in [1.165, 1.54) is 12.5 Å². The van der Waals surface area contributed by atoms with Gasteiger partial charge in [0.2, 0.25) is 11.8 Å². The SMILES string of the molecule is CCC1CC(C(=O)Nc2cnc(CN3CCN(CC)CC3)c(C(F)(F)F)c2)Cc2cc(Oc3ncnc4[nH]ccc34)cnc21. The Morgan fingerprint density at radius 2 is 1.86 bits per heavy atom. The van der Waals surface area contributed by atoms with Crippen LogP contribution in [0, 0.1) is 5.92 Å². The largest absolute Gasteiger partial charge is 0.437 e. The molecule has 2 unspecified atom stereocenters. The lowest BCUT2D eigenvalue weighted by Crippen LogP contribution is -2.45. The molecule has 1 aliphatic heterocycles. The van der Waals surface area contributed by atoms with Gasteiger partial charge in [0.05, 0.1) is 34.7 Å². The number of halogens is 3. The van der Waals surface area contributed by atoms with Gasteiger partial charge in [-0.15, -0.1) is 0 Å². The Bertz CT molecular complexity index is 1630. The van der Waals surface area contributed by atoms with Crippen LogP contribution in [0.2, 0.25) is 0 Å². The van der Waals surface area contributed by atoms with Crippen LogP contribution >= 0.6 is 0 Å². The summed E-state index contributed by atoms with van der Waals surface area (Å²) >= 11 is 0. The third-order valence-electron chi connectivity index (χ3n) is 8.62. The number of likely N-dealkylation sites (N-methyl/N-ethyl adjacent to an activating group) is 1. The second kappa shape index (κ2) is 12.5. The standard InChI is InChI=1S/C31H35F3N8O2/c1-3-19-11-21(12-20-13-23(16-37-27(19)20)44-30-24-5-6-35-28(24)38-18-39-30)29(43)40-22-14-25(31(32,33)34)26(36-15-22)17-42-9-7-41(4-2)8-10-42/h5-6,13-16,18-19,21H,3-4,7-12,17H2,1-2H3,(H,40,43)(H,35,38,39). The summed E-state index contributed by atoms with van der Waals surface area (Å²) in [5.41, 5.74) is 1.61. The summed E-state index contributed by atoms with van der Waals surface area (Å²) in [5, 5.41) is 3.45. The van der Waals surface area contributed by atoms with Crippen molar-refractivity contribution in [2.75, 3.05) is 38.0 Å². The highest BCUT2D eigenvalue weighted by molar-refractivity contribution is 5.93. The van der Waals surface area contributed by atoms with E-state index in [4.69, 9.17) is 4.74 Å². The van der Waals surface area contributed by atoms with E-state index in [0.717, 1.165) is 48.8 Å². The van der Waals surface area contributed by atoms with E-state index in [1.807, 2.05) is 24.0 Å². The number of anilines is 1. The van der Waals surface area contributed by atoms with Crippen molar-refractivity contribution in [1.29, 1.82) is 0 Å². The van der Waals surface area contributed by atoms with Crippen LogP contribution in [0.5, 0.6) is 11.6 Å². The molecule has 2 aliphatic rings. The number of alkyl halides is 3. The quantitative estimate of drug-likeness (QED) is 0.274. The van der Waals surface area contributed by atoms with Crippen molar-refractivity contribution < 1.29 is 22.7 Å². The maximum atomic E-state index is 14.1. The van der Waals surface area contributed by atoms with Gasteiger partial charge in [-0.3, -0.25) is 19.7 Å². The van der Waals surface area contributed by atoms with Crippen LogP contribution in [0.25, 0.3) is 11.0 Å². The molecular formula is C31H35F3N8O2. The fraction of sp³-hybridized carbons (Fsp3) is 0.452. The lowest BCUT2D eigenvalue weighted by molar-refractivity contribution is -0.138. The smallest absolute Gasteiger partial charge is 0.418 e. The van der Waals surface area contributed by atoms with Crippen LogP contribution in [0.3, 0.4) is 0 Å². The average Bonchev–Trinajstić information content (AvgIpc) is 3.51. The first-order valence-electron chi connectivity index (χ1n) is 15.0. The molecule has 232 valence electrons. The van der Waals surface area contributed by atoms with Gasteiger partial charge in [0, 0.05) is 56.5 Å². The minimum atomic E-state index is -4.59. The maximum Gasteiger partial charge on any atom is 0.418 e. The second-order valence-corrected chi connectivity index (χ2v) is 11.4. The Labute approximate surface area is 253 Å². The van der Waals surface area contributed by atoms with Gasteiger partial charge in [-0.25, -0.2) is 9.97 Å². The van der Waals surface area contributed by atoms with Crippen molar-refractivity contribution in [2.24, 2.45) is 5.92 Å². The number of aromatic nitrogens is 5. The lowest BCUT2D eigenvalue weighted by Gasteiger charge is -2.34. The Morgan fingerprint density at radius 3 is 2.61 bits per heavy atom. The van der Waals surface area contributed by atoms with Crippen molar-refractivity contribution in [3.05, 3.63) is 65.6 Å². The molecule has 1 fully saturated rings. The summed E-state index contributed by atoms with van der Waals surface area (Å²) in [6, 6.07) is 4.69. The minimum Gasteiger partial charge on any atom is -0.437 e. The molecule has 1 aliphatic carbocycles. The molecule has 5 heterocycles. The summed E-state index contributed by atoms with van der Waals surface area (Å²) in [6.07, 6.45) is 3.23. The molecule has 0 spiro atoms. The van der Waals surface area contributed by atoms with E-state index in [2.05, 4.69) is 42.1 Å². The molecule has 0 aromatic carbocycles. The number of fused-ring (bicyclic) bond motifs is 2. The van der Waals surface area contributed by atoms with E-state index >= 15 is 0 Å². The van der Waals surface area contributed by atoms with E-state index in [-0.39, 0.29) is 29.8 Å². The average molecular weight is 609 g/mol. The highest BCUT2D eigenvalue weighted by Crippen LogP contribution is 2.39. The molecule has 6 rings (SSSR count). The predicted octanol–water partition coefficient (Wildman–Crippen LogP) is 5.39. The van der Waals surface area contributed by atoms with E-state index in [0.29, 0.717) is 43.2 Å². The Morgan fingerprint density at radius 1 is 1.07 bits per heavy atom. The molecule has 1 amide bonds. The fourth-order valence-corrected chi connectivity index (χ4v) is 6.14. The number of ether oxygens (including phenoxy) is 1. The molecule has 2 atom stereocenters. The zero-order valence-corrected chi connectivity index (χ0v) is 24.7. The van der Waals surface area contributed by atoms with Crippen LogP contribution in [0.15, 0.2) is 43.1 Å².